The molecule has 1 aromatic carbocycles. The van der Waals surface area contributed by atoms with Crippen molar-refractivity contribution in [3.8, 4) is 0 Å². The van der Waals surface area contributed by atoms with Crippen LogP contribution in [0.15, 0.2) is 52.7 Å². The van der Waals surface area contributed by atoms with Gasteiger partial charge in [0, 0.05) is 6.07 Å². The number of hydrogen-bond acceptors (Lipinski definition) is 4. The summed E-state index contributed by atoms with van der Waals surface area (Å²) in [5, 5.41) is 1.91. The Kier molecular flexibility index (Phi) is 3.95. The van der Waals surface area contributed by atoms with E-state index in [0.29, 0.717) is 0 Å². The monoisotopic (exact) mass is 367 g/mol. The van der Waals surface area contributed by atoms with Crippen molar-refractivity contribution in [2.75, 3.05) is 0 Å². The molecule has 0 saturated heterocycles. The summed E-state index contributed by atoms with van der Waals surface area (Å²) >= 11 is 0.598. The molecule has 0 amide bonds. The van der Waals surface area contributed by atoms with Gasteiger partial charge in [0.1, 0.15) is 0 Å². The lowest BCUT2D eigenvalue weighted by Crippen LogP contribution is -3.61. The molecular formula is C10H8IO3S2+. The maximum absolute atomic E-state index is 11.7. The van der Waals surface area contributed by atoms with Crippen LogP contribution in [0.4, 0.5) is 0 Å². The van der Waals surface area contributed by atoms with E-state index in [0.717, 1.165) is 2.88 Å². The van der Waals surface area contributed by atoms with Gasteiger partial charge in [0.25, 0.3) is 2.88 Å². The van der Waals surface area contributed by atoms with E-state index in [2.05, 4.69) is 0 Å². The van der Waals surface area contributed by atoms with Gasteiger partial charge in [-0.3, -0.25) is 0 Å². The third kappa shape index (κ3) is 3.03. The second kappa shape index (κ2) is 5.26. The van der Waals surface area contributed by atoms with Gasteiger partial charge in [0.15, 0.2) is 0 Å². The fourth-order valence-corrected chi connectivity index (χ4v) is 5.68. The first-order valence-electron chi connectivity index (χ1n) is 4.35. The Balaban J connectivity index is 2.10. The number of benzene rings is 1. The van der Waals surface area contributed by atoms with Gasteiger partial charge in [-0.2, -0.15) is 8.42 Å². The Morgan fingerprint density at radius 3 is 2.44 bits per heavy atom. The van der Waals surface area contributed by atoms with E-state index in [1.807, 2.05) is 17.5 Å². The van der Waals surface area contributed by atoms with Crippen molar-refractivity contribution in [2.45, 2.75) is 4.90 Å². The number of thiophene rings is 1. The summed E-state index contributed by atoms with van der Waals surface area (Å²) in [7, 11) is -3.58. The molecule has 3 nitrogen and oxygen atoms in total. The van der Waals surface area contributed by atoms with Crippen LogP contribution in [0.1, 0.15) is 0 Å². The Hall–Kier alpha value is -0.440. The lowest BCUT2D eigenvalue weighted by molar-refractivity contribution is -0.833. The average Bonchev–Trinajstić information content (AvgIpc) is 2.81. The zero-order valence-corrected chi connectivity index (χ0v) is 11.8. The maximum atomic E-state index is 11.7. The van der Waals surface area contributed by atoms with E-state index >= 15 is 0 Å². The van der Waals surface area contributed by atoms with Crippen LogP contribution in [0.25, 0.3) is 0 Å². The molecule has 0 unspecified atom stereocenters. The van der Waals surface area contributed by atoms with Gasteiger partial charge < -0.3 is 0 Å². The minimum atomic E-state index is -3.58. The van der Waals surface area contributed by atoms with Gasteiger partial charge in [-0.05, 0) is 26.1 Å². The molecule has 16 heavy (non-hydrogen) atoms. The molecule has 0 aliphatic carbocycles. The molecule has 84 valence electrons. The predicted molar refractivity (Wildman–Crippen MR) is 57.7 cm³/mol. The molecular weight excluding hydrogens is 359 g/mol. The number of rotatable bonds is 4. The van der Waals surface area contributed by atoms with Gasteiger partial charge in [-0.25, -0.2) is 0 Å². The fraction of sp³-hybridized carbons (Fsp3) is 0. The van der Waals surface area contributed by atoms with Gasteiger partial charge >= 0.3 is 31.7 Å². The van der Waals surface area contributed by atoms with Crippen LogP contribution >= 0.6 is 11.3 Å². The van der Waals surface area contributed by atoms with E-state index in [1.54, 1.807) is 18.2 Å². The van der Waals surface area contributed by atoms with Crippen LogP contribution in [0.3, 0.4) is 0 Å². The van der Waals surface area contributed by atoms with E-state index in [1.165, 1.54) is 23.5 Å². The molecule has 0 atom stereocenters. The summed E-state index contributed by atoms with van der Waals surface area (Å²) < 4.78 is 29.5. The molecule has 0 N–H and O–H groups in total. The first kappa shape index (κ1) is 12.0. The second-order valence-electron chi connectivity index (χ2n) is 2.82. The Morgan fingerprint density at radius 1 is 1.06 bits per heavy atom. The Bertz CT molecular complexity index is 535. The first-order valence-corrected chi connectivity index (χ1v) is 8.60. The maximum Gasteiger partial charge on any atom is 0.552 e. The van der Waals surface area contributed by atoms with E-state index in [4.69, 9.17) is 2.51 Å². The molecule has 0 aliphatic heterocycles. The van der Waals surface area contributed by atoms with Crippen molar-refractivity contribution >= 4 is 21.5 Å². The summed E-state index contributed by atoms with van der Waals surface area (Å²) in [6, 6.07) is 12.0. The Morgan fingerprint density at radius 2 is 1.81 bits per heavy atom. The Labute approximate surface area is 109 Å². The summed E-state index contributed by atoms with van der Waals surface area (Å²) in [6.45, 7) is 0. The standard InChI is InChI=1S/C10H8IO3S2/c12-16(13,9-5-2-1-3-6-9)14-11-10-7-4-8-15-10/h1-8H/q+1. The van der Waals surface area contributed by atoms with Crippen LogP contribution in [0, 0.1) is 2.88 Å². The lowest BCUT2D eigenvalue weighted by atomic mass is 10.4. The summed E-state index contributed by atoms with van der Waals surface area (Å²) in [6.07, 6.45) is 0. The molecule has 0 fully saturated rings. The van der Waals surface area contributed by atoms with Crippen LogP contribution in [-0.4, -0.2) is 8.42 Å². The number of hydrogen-bond donors (Lipinski definition) is 0. The highest BCUT2D eigenvalue weighted by molar-refractivity contribution is 7.86. The topological polar surface area (TPSA) is 43.4 Å². The first-order chi connectivity index (χ1) is 7.68. The predicted octanol–water partition coefficient (Wildman–Crippen LogP) is -0.673. The zero-order chi connectivity index (χ0) is 11.4. The highest BCUT2D eigenvalue weighted by atomic mass is 127. The minimum absolute atomic E-state index is 0.214. The molecule has 2 rings (SSSR count). The number of halogens is 1. The fourth-order valence-electron chi connectivity index (χ4n) is 0.998. The van der Waals surface area contributed by atoms with Crippen LogP contribution < -0.4 is 21.6 Å². The second-order valence-corrected chi connectivity index (χ2v) is 8.69. The summed E-state index contributed by atoms with van der Waals surface area (Å²) in [5.74, 6) is 0. The molecule has 0 radical (unpaired) electrons. The highest BCUT2D eigenvalue weighted by Crippen LogP contribution is 2.07. The molecule has 0 spiro atoms. The van der Waals surface area contributed by atoms with Crippen molar-refractivity contribution in [1.82, 2.24) is 0 Å². The van der Waals surface area contributed by atoms with Gasteiger partial charge in [-0.15, -0.1) is 0 Å². The largest absolute Gasteiger partial charge is 0.552 e. The molecule has 0 saturated carbocycles. The zero-order valence-electron chi connectivity index (χ0n) is 8.04. The van der Waals surface area contributed by atoms with Gasteiger partial charge in [0.2, 0.25) is 0 Å². The molecule has 6 heteroatoms. The normalized spacial score (nSPS) is 11.5. The average molecular weight is 367 g/mol. The van der Waals surface area contributed by atoms with Crippen molar-refractivity contribution in [2.24, 2.45) is 0 Å². The summed E-state index contributed by atoms with van der Waals surface area (Å²) in [5.41, 5.74) is 0. The van der Waals surface area contributed by atoms with Crippen LogP contribution in [0.5, 0.6) is 0 Å². The van der Waals surface area contributed by atoms with E-state index < -0.39 is 31.7 Å². The van der Waals surface area contributed by atoms with Crippen molar-refractivity contribution in [1.29, 1.82) is 0 Å². The minimum Gasteiger partial charge on any atom is -0.190 e. The van der Waals surface area contributed by atoms with Crippen LogP contribution in [-0.2, 0) is 12.6 Å². The highest BCUT2D eigenvalue weighted by Gasteiger charge is 2.27. The third-order valence-electron chi connectivity index (χ3n) is 1.71. The van der Waals surface area contributed by atoms with Gasteiger partial charge in [-0.1, -0.05) is 29.5 Å². The molecule has 0 aliphatic rings. The smallest absolute Gasteiger partial charge is 0.190 e. The molecule has 1 aromatic heterocycles. The van der Waals surface area contributed by atoms with Crippen molar-refractivity contribution in [3.63, 3.8) is 0 Å². The lowest BCUT2D eigenvalue weighted by Gasteiger charge is -1.94. The SMILES string of the molecule is O=S(=O)(O[I+]c1cccs1)c1ccccc1. The van der Waals surface area contributed by atoms with Gasteiger partial charge in [0.05, 0.1) is 4.90 Å². The quantitative estimate of drug-likeness (QED) is 0.674. The van der Waals surface area contributed by atoms with Crippen molar-refractivity contribution < 1.29 is 32.6 Å². The molecule has 2 aromatic rings. The van der Waals surface area contributed by atoms with E-state index in [-0.39, 0.29) is 4.90 Å². The molecule has 0 bridgehead atoms. The van der Waals surface area contributed by atoms with Crippen LogP contribution in [0.2, 0.25) is 0 Å². The van der Waals surface area contributed by atoms with E-state index in [9.17, 15) is 8.42 Å². The third-order valence-corrected chi connectivity index (χ3v) is 7.38. The summed E-state index contributed by atoms with van der Waals surface area (Å²) in [4.78, 5) is 0.214. The van der Waals surface area contributed by atoms with Crippen molar-refractivity contribution in [3.05, 3.63) is 50.7 Å². The molecule has 1 heterocycles.